The molecule has 2 heterocycles. The van der Waals surface area contributed by atoms with Crippen molar-refractivity contribution in [2.24, 2.45) is 0 Å². The number of urea groups is 1. The zero-order valence-electron chi connectivity index (χ0n) is 14.4. The molecule has 1 aromatic rings. The molecule has 6 nitrogen and oxygen atoms in total. The molecule has 0 bridgehead atoms. The fourth-order valence-corrected chi connectivity index (χ4v) is 3.64. The Balaban J connectivity index is 1.77. The van der Waals surface area contributed by atoms with Crippen LogP contribution in [0.15, 0.2) is 24.3 Å². The molecule has 7 heteroatoms. The number of amides is 4. The molecule has 1 aromatic carbocycles. The van der Waals surface area contributed by atoms with Crippen molar-refractivity contribution in [1.29, 1.82) is 0 Å². The Morgan fingerprint density at radius 2 is 1.96 bits per heavy atom. The molecule has 2 aliphatic rings. The molecular weight excluding hydrogens is 342 g/mol. The molecule has 25 heavy (non-hydrogen) atoms. The van der Waals surface area contributed by atoms with Crippen LogP contribution in [0, 0.1) is 0 Å². The Kier molecular flexibility index (Phi) is 4.73. The summed E-state index contributed by atoms with van der Waals surface area (Å²) in [5, 5.41) is 3.26. The van der Waals surface area contributed by atoms with Gasteiger partial charge < -0.3 is 10.2 Å². The van der Waals surface area contributed by atoms with Crippen LogP contribution in [0.2, 0.25) is 5.02 Å². The third kappa shape index (κ3) is 3.23. The number of nitrogens with zero attached hydrogens (tertiary/aromatic N) is 2. The minimum atomic E-state index is -1.19. The zero-order valence-corrected chi connectivity index (χ0v) is 15.2. The number of hydrogen-bond acceptors (Lipinski definition) is 3. The van der Waals surface area contributed by atoms with Crippen LogP contribution in [-0.2, 0) is 15.1 Å². The van der Waals surface area contributed by atoms with Gasteiger partial charge in [-0.3, -0.25) is 14.5 Å². The molecule has 2 atom stereocenters. The van der Waals surface area contributed by atoms with E-state index in [2.05, 4.69) is 5.32 Å². The number of carbonyl (C=O) groups excluding carboxylic acids is 3. The number of benzene rings is 1. The molecular formula is C18H22ClN3O3. The van der Waals surface area contributed by atoms with E-state index in [0.29, 0.717) is 17.1 Å². The maximum Gasteiger partial charge on any atom is 0.325 e. The highest BCUT2D eigenvalue weighted by molar-refractivity contribution is 6.30. The minimum Gasteiger partial charge on any atom is -0.338 e. The number of rotatable bonds is 3. The van der Waals surface area contributed by atoms with Crippen molar-refractivity contribution in [1.82, 2.24) is 15.1 Å². The van der Waals surface area contributed by atoms with Gasteiger partial charge in [0, 0.05) is 17.6 Å². The highest BCUT2D eigenvalue weighted by atomic mass is 35.5. The number of imide groups is 1. The number of carbonyl (C=O) groups is 3. The normalized spacial score (nSPS) is 26.8. The van der Waals surface area contributed by atoms with Crippen molar-refractivity contribution in [2.75, 3.05) is 13.1 Å². The molecule has 0 spiro atoms. The van der Waals surface area contributed by atoms with Crippen LogP contribution in [0.3, 0.4) is 0 Å². The molecule has 0 unspecified atom stereocenters. The summed E-state index contributed by atoms with van der Waals surface area (Å²) in [5.74, 6) is -0.603. The van der Waals surface area contributed by atoms with Gasteiger partial charge in [-0.25, -0.2) is 4.79 Å². The molecule has 1 N–H and O–H groups in total. The minimum absolute atomic E-state index is 0.143. The van der Waals surface area contributed by atoms with Crippen LogP contribution < -0.4 is 5.32 Å². The van der Waals surface area contributed by atoms with Crippen LogP contribution in [0.25, 0.3) is 0 Å². The van der Waals surface area contributed by atoms with Gasteiger partial charge in [0.25, 0.3) is 5.91 Å². The molecule has 0 radical (unpaired) electrons. The van der Waals surface area contributed by atoms with Crippen molar-refractivity contribution in [3.8, 4) is 0 Å². The van der Waals surface area contributed by atoms with Gasteiger partial charge in [0.15, 0.2) is 0 Å². The van der Waals surface area contributed by atoms with Crippen molar-refractivity contribution >= 4 is 29.4 Å². The summed E-state index contributed by atoms with van der Waals surface area (Å²) in [6, 6.07) is 6.36. The lowest BCUT2D eigenvalue weighted by atomic mass is 9.92. The van der Waals surface area contributed by atoms with Gasteiger partial charge >= 0.3 is 6.03 Å². The van der Waals surface area contributed by atoms with Gasteiger partial charge in [0.1, 0.15) is 12.1 Å². The fraction of sp³-hybridized carbons (Fsp3) is 0.500. The molecule has 2 saturated heterocycles. The topological polar surface area (TPSA) is 69.7 Å². The van der Waals surface area contributed by atoms with E-state index in [1.54, 1.807) is 36.1 Å². The van der Waals surface area contributed by atoms with Crippen LogP contribution in [0.1, 0.15) is 38.7 Å². The summed E-state index contributed by atoms with van der Waals surface area (Å²) in [4.78, 5) is 40.6. The number of halogens is 1. The molecule has 3 rings (SSSR count). The Morgan fingerprint density at radius 1 is 1.28 bits per heavy atom. The van der Waals surface area contributed by atoms with E-state index in [9.17, 15) is 14.4 Å². The van der Waals surface area contributed by atoms with Gasteiger partial charge in [0.05, 0.1) is 0 Å². The van der Waals surface area contributed by atoms with Crippen LogP contribution in [0.5, 0.6) is 0 Å². The summed E-state index contributed by atoms with van der Waals surface area (Å²) >= 11 is 5.89. The summed E-state index contributed by atoms with van der Waals surface area (Å²) in [7, 11) is 0. The van der Waals surface area contributed by atoms with E-state index in [1.807, 2.05) is 6.92 Å². The van der Waals surface area contributed by atoms with Crippen molar-refractivity contribution < 1.29 is 14.4 Å². The Bertz CT molecular complexity index is 706. The van der Waals surface area contributed by atoms with Gasteiger partial charge in [-0.15, -0.1) is 0 Å². The molecule has 0 saturated carbocycles. The molecule has 2 aliphatic heterocycles. The Morgan fingerprint density at radius 3 is 2.60 bits per heavy atom. The van der Waals surface area contributed by atoms with Gasteiger partial charge in [-0.05, 0) is 50.8 Å². The van der Waals surface area contributed by atoms with E-state index in [0.717, 1.165) is 24.2 Å². The van der Waals surface area contributed by atoms with Gasteiger partial charge in [-0.1, -0.05) is 23.7 Å². The number of hydrogen-bond donors (Lipinski definition) is 1. The van der Waals surface area contributed by atoms with E-state index in [-0.39, 0.29) is 18.5 Å². The number of likely N-dealkylation sites (tertiary alicyclic amines) is 1. The second-order valence-corrected chi connectivity index (χ2v) is 7.32. The highest BCUT2D eigenvalue weighted by Crippen LogP contribution is 2.30. The van der Waals surface area contributed by atoms with Crippen LogP contribution >= 0.6 is 11.6 Å². The first-order valence-electron chi connectivity index (χ1n) is 8.52. The van der Waals surface area contributed by atoms with Crippen molar-refractivity contribution in [3.05, 3.63) is 34.9 Å². The summed E-state index contributed by atoms with van der Waals surface area (Å²) in [5.41, 5.74) is -0.549. The van der Waals surface area contributed by atoms with E-state index in [4.69, 9.17) is 11.6 Å². The van der Waals surface area contributed by atoms with Gasteiger partial charge in [0.2, 0.25) is 5.91 Å². The number of piperidine rings is 1. The number of nitrogens with one attached hydrogen (secondary N) is 1. The summed E-state index contributed by atoms with van der Waals surface area (Å²) in [6.45, 7) is 4.10. The monoisotopic (exact) mass is 363 g/mol. The maximum absolute atomic E-state index is 12.9. The maximum atomic E-state index is 12.9. The first-order valence-corrected chi connectivity index (χ1v) is 8.90. The smallest absolute Gasteiger partial charge is 0.325 e. The molecule has 2 fully saturated rings. The average molecular weight is 364 g/mol. The van der Waals surface area contributed by atoms with E-state index in [1.165, 1.54) is 0 Å². The standard InChI is InChI=1S/C18H22ClN3O3/c1-12-5-3-4-10-21(12)15(23)11-22-16(24)18(2,20-17(22)25)13-6-8-14(19)9-7-13/h6-9,12H,3-5,10-11H2,1-2H3,(H,20,25)/t12-,18-/m0/s1. The van der Waals surface area contributed by atoms with E-state index < -0.39 is 17.5 Å². The van der Waals surface area contributed by atoms with E-state index >= 15 is 0 Å². The van der Waals surface area contributed by atoms with Gasteiger partial charge in [-0.2, -0.15) is 0 Å². The third-order valence-electron chi connectivity index (χ3n) is 5.11. The SMILES string of the molecule is C[C@H]1CCCCN1C(=O)CN1C(=O)N[C@@](C)(c2ccc(Cl)cc2)C1=O. The molecule has 4 amide bonds. The quantitative estimate of drug-likeness (QED) is 0.839. The second-order valence-electron chi connectivity index (χ2n) is 6.89. The highest BCUT2D eigenvalue weighted by Gasteiger charge is 2.49. The lowest BCUT2D eigenvalue weighted by Crippen LogP contribution is -2.48. The van der Waals surface area contributed by atoms with Crippen molar-refractivity contribution in [3.63, 3.8) is 0 Å². The predicted molar refractivity (Wildman–Crippen MR) is 94.1 cm³/mol. The third-order valence-corrected chi connectivity index (χ3v) is 5.37. The predicted octanol–water partition coefficient (Wildman–Crippen LogP) is 2.51. The first-order chi connectivity index (χ1) is 11.8. The molecule has 134 valence electrons. The Hall–Kier alpha value is -2.08. The van der Waals surface area contributed by atoms with Crippen molar-refractivity contribution in [2.45, 2.75) is 44.7 Å². The molecule has 0 aromatic heterocycles. The lowest BCUT2D eigenvalue weighted by Gasteiger charge is -2.34. The Labute approximate surface area is 152 Å². The fourth-order valence-electron chi connectivity index (χ4n) is 3.51. The molecule has 0 aliphatic carbocycles. The second kappa shape index (κ2) is 6.67. The summed E-state index contributed by atoms with van der Waals surface area (Å²) < 4.78 is 0. The summed E-state index contributed by atoms with van der Waals surface area (Å²) in [6.07, 6.45) is 3.01. The van der Waals surface area contributed by atoms with Crippen LogP contribution in [-0.4, -0.2) is 46.8 Å². The van der Waals surface area contributed by atoms with Crippen LogP contribution in [0.4, 0.5) is 4.79 Å². The average Bonchev–Trinajstić information content (AvgIpc) is 2.80. The largest absolute Gasteiger partial charge is 0.338 e. The lowest BCUT2D eigenvalue weighted by molar-refractivity contribution is -0.140. The first kappa shape index (κ1) is 17.7. The zero-order chi connectivity index (χ0) is 18.2.